The van der Waals surface area contributed by atoms with E-state index in [-0.39, 0.29) is 0 Å². The maximum absolute atomic E-state index is 11.3. The fourth-order valence-corrected chi connectivity index (χ4v) is 2.41. The number of hydrogen-bond donors (Lipinski definition) is 2. The Bertz CT molecular complexity index is 790. The Morgan fingerprint density at radius 1 is 1.19 bits per heavy atom. The molecule has 3 rings (SSSR count). The van der Waals surface area contributed by atoms with E-state index in [0.29, 0.717) is 29.0 Å². The Hall–Kier alpha value is -2.75. The molecule has 0 unspecified atom stereocenters. The SMILES string of the molecule is Cc1[nH]c2ccc(OCc3ccccc3)cc2c1C(=O)O. The number of benzene rings is 2. The molecule has 0 saturated heterocycles. The van der Waals surface area contributed by atoms with Gasteiger partial charge in [0, 0.05) is 16.6 Å². The molecular formula is C17H15NO3. The minimum atomic E-state index is -0.932. The van der Waals surface area contributed by atoms with Crippen LogP contribution in [-0.4, -0.2) is 16.1 Å². The summed E-state index contributed by atoms with van der Waals surface area (Å²) in [4.78, 5) is 14.4. The van der Waals surface area contributed by atoms with Crippen LogP contribution in [0.5, 0.6) is 5.75 Å². The lowest BCUT2D eigenvalue weighted by atomic mass is 10.1. The van der Waals surface area contributed by atoms with Crippen LogP contribution in [0.25, 0.3) is 10.9 Å². The molecule has 0 aliphatic heterocycles. The molecule has 106 valence electrons. The number of H-pyrrole nitrogens is 1. The topological polar surface area (TPSA) is 62.3 Å². The number of carboxylic acid groups (broad SMARTS) is 1. The summed E-state index contributed by atoms with van der Waals surface area (Å²) < 4.78 is 5.74. The maximum Gasteiger partial charge on any atom is 0.338 e. The van der Waals surface area contributed by atoms with Gasteiger partial charge in [0.05, 0.1) is 5.56 Å². The van der Waals surface area contributed by atoms with Crippen molar-refractivity contribution in [3.63, 3.8) is 0 Å². The second-order valence-corrected chi connectivity index (χ2v) is 4.91. The summed E-state index contributed by atoms with van der Waals surface area (Å²) in [5.74, 6) is -0.271. The van der Waals surface area contributed by atoms with Crippen LogP contribution in [0.15, 0.2) is 48.5 Å². The zero-order chi connectivity index (χ0) is 14.8. The van der Waals surface area contributed by atoms with Gasteiger partial charge in [-0.2, -0.15) is 0 Å². The molecule has 21 heavy (non-hydrogen) atoms. The van der Waals surface area contributed by atoms with E-state index in [0.717, 1.165) is 11.1 Å². The van der Waals surface area contributed by atoms with Crippen LogP contribution in [0, 0.1) is 6.92 Å². The summed E-state index contributed by atoms with van der Waals surface area (Å²) in [5.41, 5.74) is 2.83. The van der Waals surface area contributed by atoms with E-state index in [2.05, 4.69) is 4.98 Å². The molecule has 0 aliphatic carbocycles. The van der Waals surface area contributed by atoms with Crippen molar-refractivity contribution in [3.05, 3.63) is 65.4 Å². The molecule has 4 nitrogen and oxygen atoms in total. The predicted octanol–water partition coefficient (Wildman–Crippen LogP) is 3.75. The number of rotatable bonds is 4. The summed E-state index contributed by atoms with van der Waals surface area (Å²) in [5, 5.41) is 9.96. The normalized spacial score (nSPS) is 10.7. The molecule has 0 radical (unpaired) electrons. The number of carboxylic acids is 1. The predicted molar refractivity (Wildman–Crippen MR) is 80.8 cm³/mol. The van der Waals surface area contributed by atoms with Gasteiger partial charge >= 0.3 is 5.97 Å². The lowest BCUT2D eigenvalue weighted by molar-refractivity contribution is 0.0698. The van der Waals surface area contributed by atoms with E-state index in [1.165, 1.54) is 0 Å². The van der Waals surface area contributed by atoms with Crippen LogP contribution in [0.2, 0.25) is 0 Å². The van der Waals surface area contributed by atoms with Crippen molar-refractivity contribution in [1.82, 2.24) is 4.98 Å². The third-order valence-electron chi connectivity index (χ3n) is 3.42. The molecule has 1 heterocycles. The number of aromatic amines is 1. The van der Waals surface area contributed by atoms with E-state index in [9.17, 15) is 9.90 Å². The van der Waals surface area contributed by atoms with Gasteiger partial charge < -0.3 is 14.8 Å². The summed E-state index contributed by atoms with van der Waals surface area (Å²) in [6, 6.07) is 15.3. The van der Waals surface area contributed by atoms with Gasteiger partial charge in [-0.15, -0.1) is 0 Å². The number of aromatic carboxylic acids is 1. The average molecular weight is 281 g/mol. The first-order valence-electron chi connectivity index (χ1n) is 6.67. The number of aromatic nitrogens is 1. The third-order valence-corrected chi connectivity index (χ3v) is 3.42. The van der Waals surface area contributed by atoms with Gasteiger partial charge in [-0.1, -0.05) is 30.3 Å². The molecule has 0 spiro atoms. The van der Waals surface area contributed by atoms with Crippen molar-refractivity contribution in [1.29, 1.82) is 0 Å². The first-order chi connectivity index (χ1) is 10.1. The Morgan fingerprint density at radius 2 is 1.95 bits per heavy atom. The van der Waals surface area contributed by atoms with Crippen molar-refractivity contribution < 1.29 is 14.6 Å². The van der Waals surface area contributed by atoms with Gasteiger partial charge in [-0.05, 0) is 30.7 Å². The van der Waals surface area contributed by atoms with Crippen molar-refractivity contribution in [2.75, 3.05) is 0 Å². The van der Waals surface area contributed by atoms with E-state index < -0.39 is 5.97 Å². The van der Waals surface area contributed by atoms with E-state index >= 15 is 0 Å². The minimum absolute atomic E-state index is 0.301. The highest BCUT2D eigenvalue weighted by atomic mass is 16.5. The van der Waals surface area contributed by atoms with Crippen molar-refractivity contribution >= 4 is 16.9 Å². The lowest BCUT2D eigenvalue weighted by Gasteiger charge is -2.06. The Morgan fingerprint density at radius 3 is 2.67 bits per heavy atom. The minimum Gasteiger partial charge on any atom is -0.489 e. The number of aryl methyl sites for hydroxylation is 1. The molecule has 0 bridgehead atoms. The van der Waals surface area contributed by atoms with Crippen LogP contribution in [0.1, 0.15) is 21.6 Å². The standard InChI is InChI=1S/C17H15NO3/c1-11-16(17(19)20)14-9-13(7-8-15(14)18-11)21-10-12-5-3-2-4-6-12/h2-9,18H,10H2,1H3,(H,19,20). The van der Waals surface area contributed by atoms with Gasteiger partial charge in [0.1, 0.15) is 12.4 Å². The summed E-state index contributed by atoms with van der Waals surface area (Å²) in [6.07, 6.45) is 0. The molecule has 0 aliphatic rings. The van der Waals surface area contributed by atoms with E-state index in [1.54, 1.807) is 13.0 Å². The molecule has 4 heteroatoms. The van der Waals surface area contributed by atoms with Crippen LogP contribution >= 0.6 is 0 Å². The van der Waals surface area contributed by atoms with Crippen LogP contribution in [0.4, 0.5) is 0 Å². The first kappa shape index (κ1) is 13.2. The number of nitrogens with one attached hydrogen (secondary N) is 1. The highest BCUT2D eigenvalue weighted by Crippen LogP contribution is 2.26. The third kappa shape index (κ3) is 2.60. The smallest absolute Gasteiger partial charge is 0.338 e. The summed E-state index contributed by atoms with van der Waals surface area (Å²) in [7, 11) is 0. The van der Waals surface area contributed by atoms with Crippen LogP contribution in [-0.2, 0) is 6.61 Å². The molecule has 0 atom stereocenters. The molecule has 2 N–H and O–H groups in total. The highest BCUT2D eigenvalue weighted by Gasteiger charge is 2.15. The summed E-state index contributed by atoms with van der Waals surface area (Å²) >= 11 is 0. The quantitative estimate of drug-likeness (QED) is 0.765. The fourth-order valence-electron chi connectivity index (χ4n) is 2.41. The van der Waals surface area contributed by atoms with Crippen molar-refractivity contribution in [2.45, 2.75) is 13.5 Å². The fraction of sp³-hybridized carbons (Fsp3) is 0.118. The molecule has 0 saturated carbocycles. The second-order valence-electron chi connectivity index (χ2n) is 4.91. The number of fused-ring (bicyclic) bond motifs is 1. The zero-order valence-electron chi connectivity index (χ0n) is 11.6. The Labute approximate surface area is 122 Å². The van der Waals surface area contributed by atoms with E-state index in [4.69, 9.17) is 4.74 Å². The number of ether oxygens (including phenoxy) is 1. The Kier molecular flexibility index (Phi) is 3.36. The summed E-state index contributed by atoms with van der Waals surface area (Å²) in [6.45, 7) is 2.21. The van der Waals surface area contributed by atoms with Gasteiger partial charge in [0.25, 0.3) is 0 Å². The molecule has 3 aromatic rings. The monoisotopic (exact) mass is 281 g/mol. The average Bonchev–Trinajstić information content (AvgIpc) is 2.81. The number of carbonyl (C=O) groups is 1. The molecule has 2 aromatic carbocycles. The van der Waals surface area contributed by atoms with Crippen molar-refractivity contribution in [3.8, 4) is 5.75 Å². The van der Waals surface area contributed by atoms with Crippen molar-refractivity contribution in [2.24, 2.45) is 0 Å². The van der Waals surface area contributed by atoms with E-state index in [1.807, 2.05) is 42.5 Å². The number of hydrogen-bond acceptors (Lipinski definition) is 2. The van der Waals surface area contributed by atoms with Crippen LogP contribution < -0.4 is 4.74 Å². The molecule has 1 aromatic heterocycles. The lowest BCUT2D eigenvalue weighted by Crippen LogP contribution is -1.98. The van der Waals surface area contributed by atoms with Crippen LogP contribution in [0.3, 0.4) is 0 Å². The molecule has 0 amide bonds. The van der Waals surface area contributed by atoms with Gasteiger partial charge in [0.15, 0.2) is 0 Å². The van der Waals surface area contributed by atoms with Gasteiger partial charge in [-0.25, -0.2) is 4.79 Å². The second kappa shape index (κ2) is 5.32. The van der Waals surface area contributed by atoms with Gasteiger partial charge in [-0.3, -0.25) is 0 Å². The van der Waals surface area contributed by atoms with Gasteiger partial charge in [0.2, 0.25) is 0 Å². The molecular weight excluding hydrogens is 266 g/mol. The molecule has 0 fully saturated rings. The zero-order valence-corrected chi connectivity index (χ0v) is 11.6. The maximum atomic E-state index is 11.3. The Balaban J connectivity index is 1.90. The highest BCUT2D eigenvalue weighted by molar-refractivity contribution is 6.05. The first-order valence-corrected chi connectivity index (χ1v) is 6.67. The largest absolute Gasteiger partial charge is 0.489 e.